The van der Waals surface area contributed by atoms with Crippen molar-refractivity contribution < 1.29 is 4.92 Å². The average molecular weight is 263 g/mol. The molecule has 1 unspecified atom stereocenters. The lowest BCUT2D eigenvalue weighted by Crippen LogP contribution is -2.03. The minimum Gasteiger partial charge on any atom is -0.323 e. The number of benzene rings is 1. The zero-order valence-electron chi connectivity index (χ0n) is 10.1. The predicted molar refractivity (Wildman–Crippen MR) is 71.5 cm³/mol. The first-order valence-corrected chi connectivity index (χ1v) is 6.28. The van der Waals surface area contributed by atoms with E-state index < -0.39 is 4.92 Å². The van der Waals surface area contributed by atoms with Gasteiger partial charge in [-0.15, -0.1) is 11.3 Å². The van der Waals surface area contributed by atoms with Gasteiger partial charge in [-0.2, -0.15) is 0 Å². The van der Waals surface area contributed by atoms with Gasteiger partial charge in [-0.3, -0.25) is 10.1 Å². The molecule has 0 aliphatic carbocycles. The van der Waals surface area contributed by atoms with Crippen molar-refractivity contribution in [3.8, 4) is 10.6 Å². The van der Waals surface area contributed by atoms with Gasteiger partial charge in [0, 0.05) is 28.6 Å². The van der Waals surface area contributed by atoms with Gasteiger partial charge in [-0.05, 0) is 13.8 Å². The van der Waals surface area contributed by atoms with Gasteiger partial charge in [0.1, 0.15) is 5.01 Å². The molecule has 1 atom stereocenters. The fraction of sp³-hybridized carbons (Fsp3) is 0.250. The molecular formula is C12H13N3O2S. The summed E-state index contributed by atoms with van der Waals surface area (Å²) in [6.07, 6.45) is 0. The summed E-state index contributed by atoms with van der Waals surface area (Å²) in [5.74, 6) is 0. The molecule has 1 aromatic carbocycles. The standard InChI is InChI=1S/C12H13N3O2S/c1-7(13)11-8(2)14-12(18-11)9-4-3-5-10(6-9)15(16)17/h3-7H,13H2,1-2H3. The van der Waals surface area contributed by atoms with Crippen LogP contribution < -0.4 is 5.73 Å². The molecule has 0 bridgehead atoms. The number of non-ortho nitro benzene ring substituents is 1. The highest BCUT2D eigenvalue weighted by Crippen LogP contribution is 2.32. The number of aryl methyl sites for hydroxylation is 1. The van der Waals surface area contributed by atoms with Gasteiger partial charge in [0.2, 0.25) is 0 Å². The monoisotopic (exact) mass is 263 g/mol. The van der Waals surface area contributed by atoms with E-state index in [1.165, 1.54) is 23.5 Å². The van der Waals surface area contributed by atoms with Gasteiger partial charge in [-0.25, -0.2) is 4.98 Å². The number of hydrogen-bond acceptors (Lipinski definition) is 5. The van der Waals surface area contributed by atoms with Crippen LogP contribution in [-0.4, -0.2) is 9.91 Å². The zero-order chi connectivity index (χ0) is 13.3. The summed E-state index contributed by atoms with van der Waals surface area (Å²) in [6, 6.07) is 6.40. The molecule has 1 aromatic heterocycles. The molecule has 0 saturated heterocycles. The lowest BCUT2D eigenvalue weighted by atomic mass is 10.2. The predicted octanol–water partition coefficient (Wildman–Crippen LogP) is 3.05. The summed E-state index contributed by atoms with van der Waals surface area (Å²) in [5, 5.41) is 11.5. The average Bonchev–Trinajstić information content (AvgIpc) is 2.71. The molecule has 18 heavy (non-hydrogen) atoms. The summed E-state index contributed by atoms with van der Waals surface area (Å²) in [6.45, 7) is 3.80. The number of nitro groups is 1. The van der Waals surface area contributed by atoms with E-state index in [1.807, 2.05) is 19.9 Å². The van der Waals surface area contributed by atoms with Crippen molar-refractivity contribution in [2.45, 2.75) is 19.9 Å². The van der Waals surface area contributed by atoms with Crippen LogP contribution in [0, 0.1) is 17.0 Å². The van der Waals surface area contributed by atoms with Crippen molar-refractivity contribution in [3.05, 3.63) is 45.0 Å². The van der Waals surface area contributed by atoms with Crippen molar-refractivity contribution in [1.29, 1.82) is 0 Å². The van der Waals surface area contributed by atoms with Crippen LogP contribution in [0.15, 0.2) is 24.3 Å². The molecule has 2 aromatic rings. The Morgan fingerprint density at radius 2 is 2.22 bits per heavy atom. The molecule has 0 spiro atoms. The van der Waals surface area contributed by atoms with E-state index in [0.717, 1.165) is 21.1 Å². The summed E-state index contributed by atoms with van der Waals surface area (Å²) < 4.78 is 0. The topological polar surface area (TPSA) is 82.0 Å². The molecule has 6 heteroatoms. The van der Waals surface area contributed by atoms with E-state index >= 15 is 0 Å². The van der Waals surface area contributed by atoms with Gasteiger partial charge in [0.15, 0.2) is 0 Å². The van der Waals surface area contributed by atoms with Crippen LogP contribution in [0.25, 0.3) is 10.6 Å². The van der Waals surface area contributed by atoms with Crippen molar-refractivity contribution in [2.24, 2.45) is 5.73 Å². The third-order valence-corrected chi connectivity index (χ3v) is 3.96. The first-order valence-electron chi connectivity index (χ1n) is 5.46. The maximum atomic E-state index is 10.7. The van der Waals surface area contributed by atoms with Crippen LogP contribution in [-0.2, 0) is 0 Å². The molecule has 2 N–H and O–H groups in total. The van der Waals surface area contributed by atoms with E-state index in [-0.39, 0.29) is 11.7 Å². The number of nitro benzene ring substituents is 1. The number of nitrogens with zero attached hydrogens (tertiary/aromatic N) is 2. The normalized spacial score (nSPS) is 12.4. The van der Waals surface area contributed by atoms with Crippen molar-refractivity contribution in [2.75, 3.05) is 0 Å². The Kier molecular flexibility index (Phi) is 3.40. The lowest BCUT2D eigenvalue weighted by Gasteiger charge is -2.00. The molecule has 0 aliphatic heterocycles. The Labute approximate surface area is 108 Å². The SMILES string of the molecule is Cc1nc(-c2cccc([N+](=O)[O-])c2)sc1C(C)N. The minimum absolute atomic E-state index is 0.0719. The van der Waals surface area contributed by atoms with Gasteiger partial charge in [0.05, 0.1) is 10.6 Å². The number of nitrogens with two attached hydrogens (primary N) is 1. The molecule has 5 nitrogen and oxygen atoms in total. The lowest BCUT2D eigenvalue weighted by molar-refractivity contribution is -0.384. The number of rotatable bonds is 3. The molecule has 0 saturated carbocycles. The fourth-order valence-corrected chi connectivity index (χ4v) is 2.72. The van der Waals surface area contributed by atoms with Gasteiger partial charge in [-0.1, -0.05) is 12.1 Å². The second-order valence-corrected chi connectivity index (χ2v) is 5.10. The van der Waals surface area contributed by atoms with E-state index in [4.69, 9.17) is 5.73 Å². The van der Waals surface area contributed by atoms with E-state index in [1.54, 1.807) is 6.07 Å². The van der Waals surface area contributed by atoms with Crippen LogP contribution in [0.5, 0.6) is 0 Å². The summed E-state index contributed by atoms with van der Waals surface area (Å²) >= 11 is 1.48. The quantitative estimate of drug-likeness (QED) is 0.681. The van der Waals surface area contributed by atoms with Crippen LogP contribution in [0.4, 0.5) is 5.69 Å². The Balaban J connectivity index is 2.45. The first kappa shape index (κ1) is 12.7. The number of aromatic nitrogens is 1. The highest BCUT2D eigenvalue weighted by Gasteiger charge is 2.14. The molecule has 0 radical (unpaired) electrons. The molecule has 2 rings (SSSR count). The minimum atomic E-state index is -0.406. The largest absolute Gasteiger partial charge is 0.323 e. The highest BCUT2D eigenvalue weighted by atomic mass is 32.1. The third kappa shape index (κ3) is 2.39. The Morgan fingerprint density at radius 1 is 1.50 bits per heavy atom. The molecule has 94 valence electrons. The number of thiazole rings is 1. The zero-order valence-corrected chi connectivity index (χ0v) is 10.9. The van der Waals surface area contributed by atoms with Gasteiger partial charge >= 0.3 is 0 Å². The summed E-state index contributed by atoms with van der Waals surface area (Å²) in [5.41, 5.74) is 7.56. The Morgan fingerprint density at radius 3 is 2.78 bits per heavy atom. The van der Waals surface area contributed by atoms with Gasteiger partial charge in [0.25, 0.3) is 5.69 Å². The van der Waals surface area contributed by atoms with Crippen molar-refractivity contribution >= 4 is 17.0 Å². The third-order valence-electron chi connectivity index (χ3n) is 2.55. The van der Waals surface area contributed by atoms with Crippen LogP contribution in [0.2, 0.25) is 0 Å². The first-order chi connectivity index (χ1) is 8.49. The second kappa shape index (κ2) is 4.83. The van der Waals surface area contributed by atoms with Gasteiger partial charge < -0.3 is 5.73 Å². The molecule has 0 fully saturated rings. The maximum absolute atomic E-state index is 10.7. The smallest absolute Gasteiger partial charge is 0.270 e. The van der Waals surface area contributed by atoms with Crippen LogP contribution in [0.3, 0.4) is 0 Å². The Bertz CT molecular complexity index is 593. The maximum Gasteiger partial charge on any atom is 0.270 e. The highest BCUT2D eigenvalue weighted by molar-refractivity contribution is 7.15. The van der Waals surface area contributed by atoms with E-state index in [9.17, 15) is 10.1 Å². The number of hydrogen-bond donors (Lipinski definition) is 1. The van der Waals surface area contributed by atoms with Crippen molar-refractivity contribution in [3.63, 3.8) is 0 Å². The molecular weight excluding hydrogens is 250 g/mol. The Hall–Kier alpha value is -1.79. The van der Waals surface area contributed by atoms with Crippen LogP contribution >= 0.6 is 11.3 Å². The molecule has 0 aliphatic rings. The second-order valence-electron chi connectivity index (χ2n) is 4.06. The van der Waals surface area contributed by atoms with E-state index in [2.05, 4.69) is 4.98 Å². The fourth-order valence-electron chi connectivity index (χ4n) is 1.71. The summed E-state index contributed by atoms with van der Waals surface area (Å²) in [4.78, 5) is 15.8. The van der Waals surface area contributed by atoms with Crippen LogP contribution in [0.1, 0.15) is 23.5 Å². The van der Waals surface area contributed by atoms with E-state index in [0.29, 0.717) is 0 Å². The van der Waals surface area contributed by atoms with Crippen molar-refractivity contribution in [1.82, 2.24) is 4.98 Å². The molecule has 0 amide bonds. The molecule has 1 heterocycles. The summed E-state index contributed by atoms with van der Waals surface area (Å²) in [7, 11) is 0.